The first-order valence-corrected chi connectivity index (χ1v) is 6.31. The summed E-state index contributed by atoms with van der Waals surface area (Å²) in [5, 5.41) is 0. The zero-order valence-electron chi connectivity index (χ0n) is 11.2. The van der Waals surface area contributed by atoms with Crippen molar-refractivity contribution in [3.63, 3.8) is 0 Å². The third-order valence-corrected chi connectivity index (χ3v) is 3.50. The van der Waals surface area contributed by atoms with Gasteiger partial charge in [-0.15, -0.1) is 0 Å². The average molecular weight is 262 g/mol. The van der Waals surface area contributed by atoms with E-state index in [2.05, 4.69) is 13.2 Å². The van der Waals surface area contributed by atoms with Crippen LogP contribution in [0, 0.1) is 11.8 Å². The van der Waals surface area contributed by atoms with E-state index in [1.165, 1.54) is 0 Å². The van der Waals surface area contributed by atoms with Crippen LogP contribution in [0.25, 0.3) is 0 Å². The molecule has 2 aliphatic carbocycles. The Morgan fingerprint density at radius 2 is 1.32 bits per heavy atom. The molecule has 19 heavy (non-hydrogen) atoms. The number of carbonyl (C=O) groups excluding carboxylic acids is 2. The highest BCUT2D eigenvalue weighted by molar-refractivity contribution is 5.88. The van der Waals surface area contributed by atoms with E-state index in [4.69, 9.17) is 9.47 Å². The van der Waals surface area contributed by atoms with E-state index in [9.17, 15) is 9.59 Å². The lowest BCUT2D eigenvalue weighted by Gasteiger charge is -2.27. The molecule has 0 aromatic carbocycles. The summed E-state index contributed by atoms with van der Waals surface area (Å²) in [5.74, 6) is -0.642. The summed E-state index contributed by atoms with van der Waals surface area (Å²) in [5.41, 5.74) is 0.688. The summed E-state index contributed by atoms with van der Waals surface area (Å²) >= 11 is 0. The fourth-order valence-corrected chi connectivity index (χ4v) is 2.49. The van der Waals surface area contributed by atoms with Crippen LogP contribution in [0.15, 0.2) is 36.5 Å². The van der Waals surface area contributed by atoms with Crippen LogP contribution in [0.4, 0.5) is 0 Å². The van der Waals surface area contributed by atoms with E-state index in [0.29, 0.717) is 11.1 Å². The zero-order chi connectivity index (χ0) is 14.2. The van der Waals surface area contributed by atoms with Gasteiger partial charge in [-0.25, -0.2) is 9.59 Å². The summed E-state index contributed by atoms with van der Waals surface area (Å²) in [4.78, 5) is 23.3. The van der Waals surface area contributed by atoms with Crippen molar-refractivity contribution in [2.45, 2.75) is 32.5 Å². The summed E-state index contributed by atoms with van der Waals surface area (Å²) in [6, 6.07) is 0. The highest BCUT2D eigenvalue weighted by atomic mass is 16.6. The molecule has 2 bridgehead atoms. The number of ether oxygens (including phenoxy) is 2. The quantitative estimate of drug-likeness (QED) is 0.442. The molecule has 0 amide bonds. The van der Waals surface area contributed by atoms with Gasteiger partial charge in [-0.3, -0.25) is 0 Å². The molecule has 0 aromatic rings. The maximum Gasteiger partial charge on any atom is 0.333 e. The standard InChI is InChI=1S/C15H18O4/c1-8(2)14(16)18-12-10-5-6-11(7-10)13(12)19-15(17)9(3)4/h5-6,10-13H,1,3,7H2,2,4H3. The smallest absolute Gasteiger partial charge is 0.333 e. The lowest BCUT2D eigenvalue weighted by atomic mass is 10.0. The highest BCUT2D eigenvalue weighted by Crippen LogP contribution is 2.43. The van der Waals surface area contributed by atoms with Gasteiger partial charge in [-0.1, -0.05) is 25.3 Å². The molecule has 2 aliphatic rings. The van der Waals surface area contributed by atoms with Crippen molar-refractivity contribution >= 4 is 11.9 Å². The first-order chi connectivity index (χ1) is 8.90. The third kappa shape index (κ3) is 2.62. The van der Waals surface area contributed by atoms with Gasteiger partial charge in [0.15, 0.2) is 0 Å². The van der Waals surface area contributed by atoms with Crippen molar-refractivity contribution in [3.05, 3.63) is 36.5 Å². The third-order valence-electron chi connectivity index (χ3n) is 3.50. The topological polar surface area (TPSA) is 52.6 Å². The summed E-state index contributed by atoms with van der Waals surface area (Å²) in [6.07, 6.45) is 4.06. The second-order valence-electron chi connectivity index (χ2n) is 5.25. The van der Waals surface area contributed by atoms with Crippen molar-refractivity contribution in [2.24, 2.45) is 11.8 Å². The van der Waals surface area contributed by atoms with Gasteiger partial charge >= 0.3 is 11.9 Å². The Bertz CT molecular complexity index is 433. The van der Waals surface area contributed by atoms with E-state index < -0.39 is 24.1 Å². The van der Waals surface area contributed by atoms with E-state index in [1.54, 1.807) is 13.8 Å². The molecular formula is C15H18O4. The zero-order valence-corrected chi connectivity index (χ0v) is 11.2. The summed E-state index contributed by atoms with van der Waals surface area (Å²) in [7, 11) is 0. The van der Waals surface area contributed by atoms with Crippen LogP contribution in [-0.2, 0) is 19.1 Å². The lowest BCUT2D eigenvalue weighted by Crippen LogP contribution is -2.38. The molecule has 1 fully saturated rings. The van der Waals surface area contributed by atoms with E-state index in [0.717, 1.165) is 6.42 Å². The molecule has 102 valence electrons. The van der Waals surface area contributed by atoms with Gasteiger partial charge in [-0.2, -0.15) is 0 Å². The Morgan fingerprint density at radius 3 is 1.63 bits per heavy atom. The molecule has 4 nitrogen and oxygen atoms in total. The van der Waals surface area contributed by atoms with Crippen molar-refractivity contribution < 1.29 is 19.1 Å². The van der Waals surface area contributed by atoms with Crippen LogP contribution in [0.2, 0.25) is 0 Å². The van der Waals surface area contributed by atoms with Gasteiger partial charge in [0.2, 0.25) is 0 Å². The average Bonchev–Trinajstić information content (AvgIpc) is 2.91. The van der Waals surface area contributed by atoms with Crippen LogP contribution in [-0.4, -0.2) is 24.1 Å². The first kappa shape index (κ1) is 13.6. The maximum atomic E-state index is 11.6. The van der Waals surface area contributed by atoms with E-state index in [-0.39, 0.29) is 11.8 Å². The Hall–Kier alpha value is -1.84. The van der Waals surface area contributed by atoms with E-state index >= 15 is 0 Å². The molecule has 0 N–H and O–H groups in total. The van der Waals surface area contributed by atoms with Crippen LogP contribution in [0.1, 0.15) is 20.3 Å². The molecule has 1 saturated carbocycles. The second kappa shape index (κ2) is 5.03. The maximum absolute atomic E-state index is 11.6. The number of hydrogen-bond donors (Lipinski definition) is 0. The second-order valence-corrected chi connectivity index (χ2v) is 5.25. The minimum absolute atomic E-state index is 0.122. The number of fused-ring (bicyclic) bond motifs is 2. The molecule has 4 heteroatoms. The van der Waals surface area contributed by atoms with Crippen LogP contribution < -0.4 is 0 Å². The first-order valence-electron chi connectivity index (χ1n) is 6.31. The predicted octanol–water partition coefficient (Wildman–Crippen LogP) is 2.17. The largest absolute Gasteiger partial charge is 0.454 e. The molecule has 4 atom stereocenters. The van der Waals surface area contributed by atoms with Gasteiger partial charge in [0, 0.05) is 23.0 Å². The Morgan fingerprint density at radius 1 is 0.947 bits per heavy atom. The number of esters is 2. The van der Waals surface area contributed by atoms with Crippen LogP contribution in [0.3, 0.4) is 0 Å². The summed E-state index contributed by atoms with van der Waals surface area (Å²) in [6.45, 7) is 10.3. The molecule has 0 saturated heterocycles. The lowest BCUT2D eigenvalue weighted by molar-refractivity contribution is -0.163. The molecule has 0 aromatic heterocycles. The molecule has 4 unspecified atom stereocenters. The Kier molecular flexibility index (Phi) is 3.60. The number of rotatable bonds is 4. The molecular weight excluding hydrogens is 244 g/mol. The van der Waals surface area contributed by atoms with Gasteiger partial charge < -0.3 is 9.47 Å². The predicted molar refractivity (Wildman–Crippen MR) is 70.1 cm³/mol. The fraction of sp³-hybridized carbons (Fsp3) is 0.467. The van der Waals surface area contributed by atoms with Crippen molar-refractivity contribution in [2.75, 3.05) is 0 Å². The van der Waals surface area contributed by atoms with Crippen molar-refractivity contribution in [1.29, 1.82) is 0 Å². The number of carbonyl (C=O) groups is 2. The number of hydrogen-bond acceptors (Lipinski definition) is 4. The highest BCUT2D eigenvalue weighted by Gasteiger charge is 2.49. The van der Waals surface area contributed by atoms with Crippen LogP contribution >= 0.6 is 0 Å². The summed E-state index contributed by atoms with van der Waals surface area (Å²) < 4.78 is 10.8. The molecule has 0 aliphatic heterocycles. The molecule has 0 heterocycles. The molecule has 0 radical (unpaired) electrons. The SMILES string of the molecule is C=C(C)C(=O)OC1C2C=CC(C2)C1OC(=O)C(=C)C. The molecule has 0 spiro atoms. The monoisotopic (exact) mass is 262 g/mol. The van der Waals surface area contributed by atoms with Gasteiger partial charge in [0.1, 0.15) is 12.2 Å². The Labute approximate surface area is 112 Å². The van der Waals surface area contributed by atoms with Crippen LogP contribution in [0.5, 0.6) is 0 Å². The van der Waals surface area contributed by atoms with Gasteiger partial charge in [0.05, 0.1) is 0 Å². The normalized spacial score (nSPS) is 31.1. The van der Waals surface area contributed by atoms with Crippen molar-refractivity contribution in [1.82, 2.24) is 0 Å². The van der Waals surface area contributed by atoms with Gasteiger partial charge in [0.25, 0.3) is 0 Å². The van der Waals surface area contributed by atoms with Crippen molar-refractivity contribution in [3.8, 4) is 0 Å². The fourth-order valence-electron chi connectivity index (χ4n) is 2.49. The minimum atomic E-state index is -0.442. The Balaban J connectivity index is 2.09. The van der Waals surface area contributed by atoms with Gasteiger partial charge in [-0.05, 0) is 20.3 Å². The molecule has 2 rings (SSSR count). The minimum Gasteiger partial charge on any atom is -0.454 e. The van der Waals surface area contributed by atoms with E-state index in [1.807, 2.05) is 12.2 Å².